The smallest absolute Gasteiger partial charge is 0.251 e. The molecule has 22 heavy (non-hydrogen) atoms. The third-order valence-electron chi connectivity index (χ3n) is 5.02. The highest BCUT2D eigenvalue weighted by Gasteiger charge is 2.54. The second kappa shape index (κ2) is 6.39. The monoisotopic (exact) mass is 303 g/mol. The fourth-order valence-corrected chi connectivity index (χ4v) is 3.69. The third kappa shape index (κ3) is 2.77. The Morgan fingerprint density at radius 2 is 2.09 bits per heavy atom. The molecular weight excluding hydrogens is 278 g/mol. The summed E-state index contributed by atoms with van der Waals surface area (Å²) in [6.07, 6.45) is 1.29. The van der Waals surface area contributed by atoms with Gasteiger partial charge >= 0.3 is 0 Å². The Kier molecular flexibility index (Phi) is 4.50. The third-order valence-corrected chi connectivity index (χ3v) is 5.02. The van der Waals surface area contributed by atoms with Crippen LogP contribution in [0.5, 0.6) is 0 Å². The van der Waals surface area contributed by atoms with Crippen LogP contribution in [-0.2, 0) is 9.47 Å². The lowest BCUT2D eigenvalue weighted by Crippen LogP contribution is -2.62. The highest BCUT2D eigenvalue weighted by Crippen LogP contribution is 2.43. The van der Waals surface area contributed by atoms with Gasteiger partial charge in [-0.15, -0.1) is 0 Å². The van der Waals surface area contributed by atoms with E-state index in [-0.39, 0.29) is 24.0 Å². The van der Waals surface area contributed by atoms with Gasteiger partial charge in [0.2, 0.25) is 0 Å². The van der Waals surface area contributed by atoms with Gasteiger partial charge in [-0.2, -0.15) is 0 Å². The lowest BCUT2D eigenvalue weighted by molar-refractivity contribution is -0.0809. The Labute approximate surface area is 132 Å². The van der Waals surface area contributed by atoms with E-state index in [9.17, 15) is 4.79 Å². The predicted molar refractivity (Wildman–Crippen MR) is 85.0 cm³/mol. The molecule has 1 aromatic rings. The Bertz CT molecular complexity index is 526. The van der Waals surface area contributed by atoms with E-state index in [0.717, 1.165) is 18.6 Å². The highest BCUT2D eigenvalue weighted by atomic mass is 16.5. The molecule has 1 aliphatic carbocycles. The first kappa shape index (κ1) is 15.5. The number of nitrogens with one attached hydrogen (secondary N) is 1. The van der Waals surface area contributed by atoms with E-state index in [1.54, 1.807) is 7.11 Å². The van der Waals surface area contributed by atoms with Crippen molar-refractivity contribution in [3.05, 3.63) is 35.4 Å². The molecule has 0 radical (unpaired) electrons. The van der Waals surface area contributed by atoms with E-state index in [2.05, 4.69) is 19.2 Å². The average Bonchev–Trinajstić information content (AvgIpc) is 2.94. The zero-order valence-electron chi connectivity index (χ0n) is 13.5. The van der Waals surface area contributed by atoms with Crippen LogP contribution in [0.2, 0.25) is 0 Å². The standard InChI is InChI=1S/C18H25NO3/c1-11(2)12-4-6-13(7-5-12)18(20)19-16-14-8-9-22-17(14)15(16)10-21-3/h4-7,11,14-17H,8-10H2,1-3H3,(H,19,20)/t14-,15-,16-,17-/m1/s1. The van der Waals surface area contributed by atoms with E-state index in [0.29, 0.717) is 18.4 Å². The molecule has 1 aromatic carbocycles. The van der Waals surface area contributed by atoms with Gasteiger partial charge in [0, 0.05) is 37.2 Å². The van der Waals surface area contributed by atoms with Crippen LogP contribution in [0.25, 0.3) is 0 Å². The van der Waals surface area contributed by atoms with Crippen LogP contribution in [0.1, 0.15) is 42.1 Å². The Morgan fingerprint density at radius 1 is 1.36 bits per heavy atom. The van der Waals surface area contributed by atoms with E-state index in [1.807, 2.05) is 24.3 Å². The summed E-state index contributed by atoms with van der Waals surface area (Å²) >= 11 is 0. The summed E-state index contributed by atoms with van der Waals surface area (Å²) < 4.78 is 11.0. The highest BCUT2D eigenvalue weighted by molar-refractivity contribution is 5.94. The first-order chi connectivity index (χ1) is 10.6. The van der Waals surface area contributed by atoms with Crippen LogP contribution >= 0.6 is 0 Å². The van der Waals surface area contributed by atoms with Gasteiger partial charge in [-0.1, -0.05) is 26.0 Å². The minimum Gasteiger partial charge on any atom is -0.384 e. The zero-order valence-corrected chi connectivity index (χ0v) is 13.5. The summed E-state index contributed by atoms with van der Waals surface area (Å²) in [7, 11) is 1.70. The van der Waals surface area contributed by atoms with Crippen LogP contribution in [0, 0.1) is 11.8 Å². The van der Waals surface area contributed by atoms with Crippen molar-refractivity contribution in [3.8, 4) is 0 Å². The maximum atomic E-state index is 12.5. The maximum Gasteiger partial charge on any atom is 0.251 e. The van der Waals surface area contributed by atoms with E-state index in [1.165, 1.54) is 5.56 Å². The van der Waals surface area contributed by atoms with Gasteiger partial charge in [0.25, 0.3) is 5.91 Å². The number of hydrogen-bond donors (Lipinski definition) is 1. The molecule has 0 spiro atoms. The van der Waals surface area contributed by atoms with Gasteiger partial charge in [0.1, 0.15) is 0 Å². The van der Waals surface area contributed by atoms with Crippen LogP contribution in [0.3, 0.4) is 0 Å². The molecule has 4 nitrogen and oxygen atoms in total. The summed E-state index contributed by atoms with van der Waals surface area (Å²) in [5.41, 5.74) is 1.98. The lowest BCUT2D eigenvalue weighted by atomic mass is 9.67. The fraction of sp³-hybridized carbons (Fsp3) is 0.611. The molecular formula is C18H25NO3. The summed E-state index contributed by atoms with van der Waals surface area (Å²) in [5.74, 6) is 1.20. The normalized spacial score (nSPS) is 30.0. The molecule has 1 saturated heterocycles. The first-order valence-electron chi connectivity index (χ1n) is 8.13. The van der Waals surface area contributed by atoms with Gasteiger partial charge in [-0.3, -0.25) is 4.79 Å². The number of amides is 1. The van der Waals surface area contributed by atoms with Crippen molar-refractivity contribution in [1.82, 2.24) is 5.32 Å². The van der Waals surface area contributed by atoms with Gasteiger partial charge < -0.3 is 14.8 Å². The van der Waals surface area contributed by atoms with Gasteiger partial charge in [-0.05, 0) is 30.0 Å². The fourth-order valence-electron chi connectivity index (χ4n) is 3.69. The summed E-state index contributed by atoms with van der Waals surface area (Å²) in [4.78, 5) is 12.5. The van der Waals surface area contributed by atoms with Crippen molar-refractivity contribution in [3.63, 3.8) is 0 Å². The first-order valence-corrected chi connectivity index (χ1v) is 8.13. The molecule has 120 valence electrons. The van der Waals surface area contributed by atoms with Crippen LogP contribution in [0.15, 0.2) is 24.3 Å². The van der Waals surface area contributed by atoms with Gasteiger partial charge in [0.05, 0.1) is 12.7 Å². The van der Waals surface area contributed by atoms with Crippen molar-refractivity contribution >= 4 is 5.91 Å². The number of carbonyl (C=O) groups is 1. The molecule has 0 bridgehead atoms. The van der Waals surface area contributed by atoms with Crippen molar-refractivity contribution < 1.29 is 14.3 Å². The molecule has 1 N–H and O–H groups in total. The number of rotatable bonds is 5. The molecule has 1 amide bonds. The van der Waals surface area contributed by atoms with Crippen molar-refractivity contribution in [2.24, 2.45) is 11.8 Å². The molecule has 4 heteroatoms. The average molecular weight is 303 g/mol. The largest absolute Gasteiger partial charge is 0.384 e. The predicted octanol–water partition coefficient (Wildman–Crippen LogP) is 2.59. The number of methoxy groups -OCH3 is 1. The zero-order chi connectivity index (χ0) is 15.7. The minimum absolute atomic E-state index is 0.00626. The van der Waals surface area contributed by atoms with E-state index >= 15 is 0 Å². The number of fused-ring (bicyclic) bond motifs is 1. The Balaban J connectivity index is 1.65. The number of benzene rings is 1. The van der Waals surface area contributed by atoms with E-state index in [4.69, 9.17) is 9.47 Å². The minimum atomic E-state index is 0.00626. The quantitative estimate of drug-likeness (QED) is 0.909. The van der Waals surface area contributed by atoms with Gasteiger partial charge in [0.15, 0.2) is 0 Å². The SMILES string of the molecule is COC[C@@H]1[C@H](NC(=O)c2ccc(C(C)C)cc2)[C@H]2CCO[C@H]21. The summed E-state index contributed by atoms with van der Waals surface area (Å²) in [5, 5.41) is 3.19. The Hall–Kier alpha value is -1.39. The summed E-state index contributed by atoms with van der Waals surface area (Å²) in [6, 6.07) is 8.07. The molecule has 2 aliphatic rings. The second-order valence-corrected chi connectivity index (χ2v) is 6.68. The second-order valence-electron chi connectivity index (χ2n) is 6.68. The number of ether oxygens (including phenoxy) is 2. The topological polar surface area (TPSA) is 47.6 Å². The van der Waals surface area contributed by atoms with Gasteiger partial charge in [-0.25, -0.2) is 0 Å². The molecule has 1 heterocycles. The molecule has 3 rings (SSSR count). The van der Waals surface area contributed by atoms with E-state index < -0.39 is 0 Å². The van der Waals surface area contributed by atoms with Crippen molar-refractivity contribution in [2.45, 2.75) is 38.3 Å². The van der Waals surface area contributed by atoms with Crippen molar-refractivity contribution in [1.29, 1.82) is 0 Å². The number of carbonyl (C=O) groups excluding carboxylic acids is 1. The lowest BCUT2D eigenvalue weighted by Gasteiger charge is -2.47. The Morgan fingerprint density at radius 3 is 2.73 bits per heavy atom. The van der Waals surface area contributed by atoms with Crippen LogP contribution in [-0.4, -0.2) is 38.4 Å². The van der Waals surface area contributed by atoms with Crippen molar-refractivity contribution in [2.75, 3.05) is 20.3 Å². The number of hydrogen-bond acceptors (Lipinski definition) is 3. The molecule has 1 saturated carbocycles. The molecule has 1 aliphatic heterocycles. The molecule has 4 atom stereocenters. The summed E-state index contributed by atoms with van der Waals surface area (Å²) in [6.45, 7) is 5.74. The van der Waals surface area contributed by atoms with Crippen LogP contribution < -0.4 is 5.32 Å². The molecule has 0 aromatic heterocycles. The molecule has 0 unspecified atom stereocenters. The van der Waals surface area contributed by atoms with Crippen LogP contribution in [0.4, 0.5) is 0 Å². The molecule has 2 fully saturated rings. The maximum absolute atomic E-state index is 12.5.